The summed E-state index contributed by atoms with van der Waals surface area (Å²) >= 11 is 0. The first kappa shape index (κ1) is 12.3. The molecule has 0 radical (unpaired) electrons. The Morgan fingerprint density at radius 1 is 1.25 bits per heavy atom. The summed E-state index contributed by atoms with van der Waals surface area (Å²) in [4.78, 5) is 2.62. The molecule has 0 aliphatic carbocycles. The van der Waals surface area contributed by atoms with Gasteiger partial charge in [0.2, 0.25) is 0 Å². The van der Waals surface area contributed by atoms with E-state index in [9.17, 15) is 5.11 Å². The van der Waals surface area contributed by atoms with Crippen LogP contribution in [0, 0.1) is 0 Å². The molecule has 0 bridgehead atoms. The highest BCUT2D eigenvalue weighted by molar-refractivity contribution is 4.96. The molecule has 16 heavy (non-hydrogen) atoms. The molecule has 3 heteroatoms. The van der Waals surface area contributed by atoms with Crippen molar-refractivity contribution >= 4 is 0 Å². The van der Waals surface area contributed by atoms with Crippen molar-refractivity contribution in [1.82, 2.24) is 10.2 Å². The average molecular weight is 226 g/mol. The van der Waals surface area contributed by atoms with Crippen molar-refractivity contribution in [2.75, 3.05) is 13.1 Å². The second-order valence-corrected chi connectivity index (χ2v) is 6.04. The smallest absolute Gasteiger partial charge is 0.0741 e. The van der Waals surface area contributed by atoms with Crippen molar-refractivity contribution in [3.05, 3.63) is 0 Å². The molecule has 3 atom stereocenters. The first-order valence-corrected chi connectivity index (χ1v) is 6.71. The van der Waals surface area contributed by atoms with Crippen molar-refractivity contribution in [2.24, 2.45) is 0 Å². The SMILES string of the molecule is CC(NC1CCN2CCCCC12)C(C)(C)O. The molecule has 2 saturated heterocycles. The van der Waals surface area contributed by atoms with E-state index in [1.807, 2.05) is 13.8 Å². The number of rotatable bonds is 3. The van der Waals surface area contributed by atoms with Gasteiger partial charge >= 0.3 is 0 Å². The summed E-state index contributed by atoms with van der Waals surface area (Å²) in [5, 5.41) is 13.6. The minimum atomic E-state index is -0.623. The molecule has 3 nitrogen and oxygen atoms in total. The van der Waals surface area contributed by atoms with E-state index < -0.39 is 5.60 Å². The number of fused-ring (bicyclic) bond motifs is 1. The lowest BCUT2D eigenvalue weighted by Crippen LogP contribution is -2.53. The van der Waals surface area contributed by atoms with Gasteiger partial charge in [-0.05, 0) is 46.6 Å². The van der Waals surface area contributed by atoms with Crippen LogP contribution in [0.15, 0.2) is 0 Å². The number of aliphatic hydroxyl groups is 1. The number of nitrogens with zero attached hydrogens (tertiary/aromatic N) is 1. The summed E-state index contributed by atoms with van der Waals surface area (Å²) in [6.45, 7) is 8.38. The van der Waals surface area contributed by atoms with E-state index in [1.54, 1.807) is 0 Å². The molecule has 2 fully saturated rings. The zero-order valence-electron chi connectivity index (χ0n) is 10.9. The number of hydrogen-bond donors (Lipinski definition) is 2. The first-order valence-electron chi connectivity index (χ1n) is 6.71. The van der Waals surface area contributed by atoms with E-state index >= 15 is 0 Å². The minimum Gasteiger partial charge on any atom is -0.389 e. The lowest BCUT2D eigenvalue weighted by atomic mass is 9.95. The molecule has 0 spiro atoms. The van der Waals surface area contributed by atoms with Gasteiger partial charge < -0.3 is 10.4 Å². The van der Waals surface area contributed by atoms with E-state index in [0.717, 1.165) is 6.04 Å². The van der Waals surface area contributed by atoms with Gasteiger partial charge in [-0.3, -0.25) is 4.90 Å². The van der Waals surface area contributed by atoms with Crippen LogP contribution in [0.5, 0.6) is 0 Å². The van der Waals surface area contributed by atoms with Gasteiger partial charge in [0, 0.05) is 24.7 Å². The minimum absolute atomic E-state index is 0.166. The van der Waals surface area contributed by atoms with Gasteiger partial charge in [0.05, 0.1) is 5.60 Å². The van der Waals surface area contributed by atoms with Crippen LogP contribution in [0.2, 0.25) is 0 Å². The third-order valence-electron chi connectivity index (χ3n) is 4.38. The molecule has 2 aliphatic rings. The van der Waals surface area contributed by atoms with Crippen molar-refractivity contribution in [3.8, 4) is 0 Å². The summed E-state index contributed by atoms with van der Waals surface area (Å²) in [7, 11) is 0. The zero-order valence-corrected chi connectivity index (χ0v) is 10.9. The van der Waals surface area contributed by atoms with Crippen LogP contribution in [0.1, 0.15) is 46.5 Å². The predicted molar refractivity (Wildman–Crippen MR) is 66.5 cm³/mol. The quantitative estimate of drug-likeness (QED) is 0.763. The van der Waals surface area contributed by atoms with Crippen LogP contribution < -0.4 is 5.32 Å². The van der Waals surface area contributed by atoms with Crippen molar-refractivity contribution in [3.63, 3.8) is 0 Å². The highest BCUT2D eigenvalue weighted by Crippen LogP contribution is 2.28. The molecule has 0 aromatic heterocycles. The van der Waals surface area contributed by atoms with E-state index in [1.165, 1.54) is 38.8 Å². The van der Waals surface area contributed by atoms with Crippen molar-refractivity contribution < 1.29 is 5.11 Å². The summed E-state index contributed by atoms with van der Waals surface area (Å²) in [6.07, 6.45) is 5.31. The highest BCUT2D eigenvalue weighted by Gasteiger charge is 2.37. The Morgan fingerprint density at radius 3 is 2.69 bits per heavy atom. The molecule has 2 aliphatic heterocycles. The van der Waals surface area contributed by atoms with Crippen molar-refractivity contribution in [2.45, 2.75) is 70.2 Å². The Morgan fingerprint density at radius 2 is 2.00 bits per heavy atom. The van der Waals surface area contributed by atoms with Gasteiger partial charge in [0.1, 0.15) is 0 Å². The maximum Gasteiger partial charge on any atom is 0.0741 e. The third-order valence-corrected chi connectivity index (χ3v) is 4.38. The van der Waals surface area contributed by atoms with Gasteiger partial charge in [-0.15, -0.1) is 0 Å². The molecule has 0 amide bonds. The Bertz CT molecular complexity index is 237. The predicted octanol–water partition coefficient (Wildman–Crippen LogP) is 1.36. The maximum absolute atomic E-state index is 9.97. The fourth-order valence-electron chi connectivity index (χ4n) is 2.97. The zero-order chi connectivity index (χ0) is 11.8. The summed E-state index contributed by atoms with van der Waals surface area (Å²) in [5.74, 6) is 0. The molecule has 2 heterocycles. The summed E-state index contributed by atoms with van der Waals surface area (Å²) < 4.78 is 0. The summed E-state index contributed by atoms with van der Waals surface area (Å²) in [6, 6.07) is 1.47. The first-order chi connectivity index (χ1) is 7.48. The molecule has 2 rings (SSSR count). The van der Waals surface area contributed by atoms with Gasteiger partial charge in [0.15, 0.2) is 0 Å². The second kappa shape index (κ2) is 4.63. The lowest BCUT2D eigenvalue weighted by Gasteiger charge is -2.36. The maximum atomic E-state index is 9.97. The standard InChI is InChI=1S/C13H26N2O/c1-10(13(2,3)16)14-11-7-9-15-8-5-4-6-12(11)15/h10-12,14,16H,4-9H2,1-3H3. The van der Waals surface area contributed by atoms with Crippen LogP contribution in [-0.4, -0.2) is 46.8 Å². The van der Waals surface area contributed by atoms with E-state index in [0.29, 0.717) is 6.04 Å². The number of hydrogen-bond acceptors (Lipinski definition) is 3. The van der Waals surface area contributed by atoms with Gasteiger partial charge in [0.25, 0.3) is 0 Å². The highest BCUT2D eigenvalue weighted by atomic mass is 16.3. The van der Waals surface area contributed by atoms with Gasteiger partial charge in [-0.25, -0.2) is 0 Å². The molecular weight excluding hydrogens is 200 g/mol. The van der Waals surface area contributed by atoms with Crippen LogP contribution in [0.25, 0.3) is 0 Å². The normalized spacial score (nSPS) is 33.8. The van der Waals surface area contributed by atoms with Crippen LogP contribution in [0.4, 0.5) is 0 Å². The topological polar surface area (TPSA) is 35.5 Å². The van der Waals surface area contributed by atoms with E-state index in [2.05, 4.69) is 17.1 Å². The molecule has 2 N–H and O–H groups in total. The number of piperidine rings is 1. The van der Waals surface area contributed by atoms with E-state index in [-0.39, 0.29) is 6.04 Å². The Labute approximate surface area is 99.2 Å². The fraction of sp³-hybridized carbons (Fsp3) is 1.00. The molecule has 0 aromatic rings. The lowest BCUT2D eigenvalue weighted by molar-refractivity contribution is 0.0363. The van der Waals surface area contributed by atoms with Crippen LogP contribution >= 0.6 is 0 Å². The van der Waals surface area contributed by atoms with Gasteiger partial charge in [-0.2, -0.15) is 0 Å². The number of nitrogens with one attached hydrogen (secondary N) is 1. The fourth-order valence-corrected chi connectivity index (χ4v) is 2.97. The third kappa shape index (κ3) is 2.58. The Kier molecular flexibility index (Phi) is 3.57. The molecule has 3 unspecified atom stereocenters. The summed E-state index contributed by atoms with van der Waals surface area (Å²) in [5.41, 5.74) is -0.623. The molecule has 0 aromatic carbocycles. The van der Waals surface area contributed by atoms with Gasteiger partial charge in [-0.1, -0.05) is 6.42 Å². The van der Waals surface area contributed by atoms with Crippen LogP contribution in [-0.2, 0) is 0 Å². The average Bonchev–Trinajstić information content (AvgIpc) is 2.61. The monoisotopic (exact) mass is 226 g/mol. The molecule has 0 saturated carbocycles. The molecule has 94 valence electrons. The largest absolute Gasteiger partial charge is 0.389 e. The van der Waals surface area contributed by atoms with E-state index in [4.69, 9.17) is 0 Å². The van der Waals surface area contributed by atoms with Crippen LogP contribution in [0.3, 0.4) is 0 Å². The Balaban J connectivity index is 1.91. The molecular formula is C13H26N2O. The van der Waals surface area contributed by atoms with Crippen molar-refractivity contribution in [1.29, 1.82) is 0 Å². The Hall–Kier alpha value is -0.120. The second-order valence-electron chi connectivity index (χ2n) is 6.04.